The monoisotopic (exact) mass is 279 g/mol. The van der Waals surface area contributed by atoms with Crippen molar-refractivity contribution in [2.45, 2.75) is 58.5 Å². The summed E-state index contributed by atoms with van der Waals surface area (Å²) in [5.41, 5.74) is 1.23. The topological polar surface area (TPSA) is 30.5 Å². The molecule has 1 unspecified atom stereocenters. The number of nitrogens with one attached hydrogen (secondary N) is 1. The third-order valence-electron chi connectivity index (χ3n) is 3.59. The molecule has 1 aromatic rings. The highest BCUT2D eigenvalue weighted by Gasteiger charge is 2.06. The van der Waals surface area contributed by atoms with Crippen LogP contribution in [0.5, 0.6) is 11.5 Å². The Kier molecular flexibility index (Phi) is 8.12. The number of unbranched alkanes of at least 4 members (excludes halogenated alkanes) is 3. The second-order valence-electron chi connectivity index (χ2n) is 5.32. The predicted molar refractivity (Wildman–Crippen MR) is 84.6 cm³/mol. The fraction of sp³-hybridized carbons (Fsp3) is 0.647. The van der Waals surface area contributed by atoms with E-state index >= 15 is 0 Å². The van der Waals surface area contributed by atoms with Gasteiger partial charge in [-0.3, -0.25) is 0 Å². The van der Waals surface area contributed by atoms with Crippen LogP contribution in [0.4, 0.5) is 0 Å². The summed E-state index contributed by atoms with van der Waals surface area (Å²) in [6, 6.07) is 6.63. The zero-order valence-corrected chi connectivity index (χ0v) is 13.4. The number of ether oxygens (including phenoxy) is 2. The van der Waals surface area contributed by atoms with Crippen molar-refractivity contribution in [1.82, 2.24) is 5.32 Å². The zero-order valence-electron chi connectivity index (χ0n) is 13.4. The van der Waals surface area contributed by atoms with Crippen LogP contribution in [0, 0.1) is 0 Å². The van der Waals surface area contributed by atoms with E-state index in [9.17, 15) is 0 Å². The van der Waals surface area contributed by atoms with Gasteiger partial charge in [-0.25, -0.2) is 0 Å². The van der Waals surface area contributed by atoms with E-state index in [1.54, 1.807) is 14.2 Å². The summed E-state index contributed by atoms with van der Waals surface area (Å²) in [4.78, 5) is 0. The fourth-order valence-corrected chi connectivity index (χ4v) is 2.26. The lowest BCUT2D eigenvalue weighted by Crippen LogP contribution is -2.25. The quantitative estimate of drug-likeness (QED) is 0.653. The highest BCUT2D eigenvalue weighted by molar-refractivity contribution is 5.42. The SMILES string of the molecule is CCCCCCC(C)NCc1ccc(OC)c(OC)c1. The summed E-state index contributed by atoms with van der Waals surface area (Å²) in [5.74, 6) is 1.58. The molecule has 1 N–H and O–H groups in total. The minimum Gasteiger partial charge on any atom is -0.493 e. The van der Waals surface area contributed by atoms with Crippen molar-refractivity contribution in [2.75, 3.05) is 14.2 Å². The largest absolute Gasteiger partial charge is 0.493 e. The lowest BCUT2D eigenvalue weighted by Gasteiger charge is -2.15. The molecule has 0 aromatic heterocycles. The summed E-state index contributed by atoms with van der Waals surface area (Å²) in [6.07, 6.45) is 6.55. The molecule has 0 fully saturated rings. The molecule has 0 heterocycles. The molecular weight excluding hydrogens is 250 g/mol. The third kappa shape index (κ3) is 5.83. The fourth-order valence-electron chi connectivity index (χ4n) is 2.26. The number of rotatable bonds is 10. The van der Waals surface area contributed by atoms with Gasteiger partial charge in [-0.1, -0.05) is 38.7 Å². The van der Waals surface area contributed by atoms with E-state index in [1.807, 2.05) is 12.1 Å². The van der Waals surface area contributed by atoms with Crippen LogP contribution >= 0.6 is 0 Å². The Bertz CT molecular complexity index is 379. The van der Waals surface area contributed by atoms with Crippen LogP contribution in [0.1, 0.15) is 51.5 Å². The summed E-state index contributed by atoms with van der Waals surface area (Å²) in [5, 5.41) is 3.57. The van der Waals surface area contributed by atoms with Crippen molar-refractivity contribution in [3.8, 4) is 11.5 Å². The summed E-state index contributed by atoms with van der Waals surface area (Å²) in [7, 11) is 3.33. The molecule has 0 radical (unpaired) electrons. The molecule has 0 aliphatic rings. The number of benzene rings is 1. The molecule has 1 aromatic carbocycles. The van der Waals surface area contributed by atoms with Crippen LogP contribution in [0.15, 0.2) is 18.2 Å². The molecule has 114 valence electrons. The molecule has 3 nitrogen and oxygen atoms in total. The number of methoxy groups -OCH3 is 2. The molecule has 0 bridgehead atoms. The maximum absolute atomic E-state index is 5.32. The van der Waals surface area contributed by atoms with E-state index in [0.29, 0.717) is 6.04 Å². The molecule has 0 spiro atoms. The van der Waals surface area contributed by atoms with Gasteiger partial charge in [0.15, 0.2) is 11.5 Å². The van der Waals surface area contributed by atoms with Gasteiger partial charge in [0.25, 0.3) is 0 Å². The first kappa shape index (κ1) is 16.8. The highest BCUT2D eigenvalue weighted by atomic mass is 16.5. The van der Waals surface area contributed by atoms with E-state index in [2.05, 4.69) is 25.2 Å². The van der Waals surface area contributed by atoms with E-state index in [0.717, 1.165) is 18.0 Å². The van der Waals surface area contributed by atoms with Crippen LogP contribution in [0.3, 0.4) is 0 Å². The first-order valence-corrected chi connectivity index (χ1v) is 7.65. The van der Waals surface area contributed by atoms with Crippen LogP contribution in [0.25, 0.3) is 0 Å². The molecule has 3 heteroatoms. The van der Waals surface area contributed by atoms with Gasteiger partial charge in [0.05, 0.1) is 14.2 Å². The van der Waals surface area contributed by atoms with E-state index in [-0.39, 0.29) is 0 Å². The number of hydrogen-bond acceptors (Lipinski definition) is 3. The normalized spacial score (nSPS) is 12.2. The zero-order chi connectivity index (χ0) is 14.8. The predicted octanol–water partition coefficient (Wildman–Crippen LogP) is 4.15. The molecular formula is C17H29NO2. The Morgan fingerprint density at radius 1 is 1.05 bits per heavy atom. The van der Waals surface area contributed by atoms with Gasteiger partial charge in [-0.05, 0) is 31.0 Å². The van der Waals surface area contributed by atoms with Crippen LogP contribution in [-0.4, -0.2) is 20.3 Å². The van der Waals surface area contributed by atoms with Gasteiger partial charge >= 0.3 is 0 Å². The van der Waals surface area contributed by atoms with Gasteiger partial charge in [0, 0.05) is 12.6 Å². The lowest BCUT2D eigenvalue weighted by molar-refractivity contribution is 0.354. The third-order valence-corrected chi connectivity index (χ3v) is 3.59. The second-order valence-corrected chi connectivity index (χ2v) is 5.32. The average Bonchev–Trinajstić information content (AvgIpc) is 2.49. The second kappa shape index (κ2) is 9.65. The van der Waals surface area contributed by atoms with Gasteiger partial charge < -0.3 is 14.8 Å². The Labute approximate surface area is 123 Å². The van der Waals surface area contributed by atoms with Crippen molar-refractivity contribution in [3.05, 3.63) is 23.8 Å². The lowest BCUT2D eigenvalue weighted by atomic mass is 10.1. The number of hydrogen-bond donors (Lipinski definition) is 1. The molecule has 0 saturated carbocycles. The van der Waals surface area contributed by atoms with Crippen molar-refractivity contribution in [1.29, 1.82) is 0 Å². The molecule has 1 rings (SSSR count). The first-order chi connectivity index (χ1) is 9.71. The van der Waals surface area contributed by atoms with E-state index < -0.39 is 0 Å². The summed E-state index contributed by atoms with van der Waals surface area (Å²) < 4.78 is 10.6. The Morgan fingerprint density at radius 3 is 2.45 bits per heavy atom. The molecule has 0 amide bonds. The van der Waals surface area contributed by atoms with Crippen LogP contribution in [-0.2, 0) is 6.54 Å². The Hall–Kier alpha value is -1.22. The van der Waals surface area contributed by atoms with Crippen molar-refractivity contribution in [2.24, 2.45) is 0 Å². The molecule has 20 heavy (non-hydrogen) atoms. The van der Waals surface area contributed by atoms with Crippen molar-refractivity contribution >= 4 is 0 Å². The van der Waals surface area contributed by atoms with Gasteiger partial charge in [0.2, 0.25) is 0 Å². The molecule has 0 aliphatic carbocycles. The van der Waals surface area contributed by atoms with Crippen LogP contribution in [0.2, 0.25) is 0 Å². The van der Waals surface area contributed by atoms with E-state index in [1.165, 1.54) is 37.7 Å². The smallest absolute Gasteiger partial charge is 0.161 e. The maximum Gasteiger partial charge on any atom is 0.161 e. The van der Waals surface area contributed by atoms with Crippen molar-refractivity contribution < 1.29 is 9.47 Å². The Morgan fingerprint density at radius 2 is 1.80 bits per heavy atom. The van der Waals surface area contributed by atoms with Crippen molar-refractivity contribution in [3.63, 3.8) is 0 Å². The Balaban J connectivity index is 2.37. The molecule has 0 saturated heterocycles. The van der Waals surface area contributed by atoms with Gasteiger partial charge in [0.1, 0.15) is 0 Å². The first-order valence-electron chi connectivity index (χ1n) is 7.65. The van der Waals surface area contributed by atoms with Crippen LogP contribution < -0.4 is 14.8 Å². The minimum atomic E-state index is 0.556. The standard InChI is InChI=1S/C17H29NO2/c1-5-6-7-8-9-14(2)18-13-15-10-11-16(19-3)17(12-15)20-4/h10-12,14,18H,5-9,13H2,1-4H3. The molecule has 0 aliphatic heterocycles. The summed E-state index contributed by atoms with van der Waals surface area (Å²) in [6.45, 7) is 5.38. The van der Waals surface area contributed by atoms with E-state index in [4.69, 9.17) is 9.47 Å². The van der Waals surface area contributed by atoms with Gasteiger partial charge in [-0.15, -0.1) is 0 Å². The minimum absolute atomic E-state index is 0.556. The maximum atomic E-state index is 5.32. The summed E-state index contributed by atoms with van der Waals surface area (Å²) >= 11 is 0. The average molecular weight is 279 g/mol. The highest BCUT2D eigenvalue weighted by Crippen LogP contribution is 2.27. The molecule has 1 atom stereocenters. The van der Waals surface area contributed by atoms with Gasteiger partial charge in [-0.2, -0.15) is 0 Å².